The van der Waals surface area contributed by atoms with Crippen LogP contribution in [-0.4, -0.2) is 25.7 Å². The van der Waals surface area contributed by atoms with Gasteiger partial charge in [-0.15, -0.1) is 11.3 Å². The highest BCUT2D eigenvalue weighted by Gasteiger charge is 2.21. The van der Waals surface area contributed by atoms with Crippen LogP contribution in [0.4, 0.5) is 5.82 Å². The predicted molar refractivity (Wildman–Crippen MR) is 117 cm³/mol. The maximum absolute atomic E-state index is 12.9. The van der Waals surface area contributed by atoms with Gasteiger partial charge in [-0.3, -0.25) is 14.6 Å². The van der Waals surface area contributed by atoms with Gasteiger partial charge in [-0.2, -0.15) is 9.78 Å². The summed E-state index contributed by atoms with van der Waals surface area (Å²) in [5.41, 5.74) is 1.70. The van der Waals surface area contributed by atoms with Gasteiger partial charge in [0.05, 0.1) is 4.88 Å². The number of hydrogen-bond donors (Lipinski definition) is 2. The number of anilines is 1. The molecular weight excluding hydrogens is 386 g/mol. The maximum Gasteiger partial charge on any atom is 0.255 e. The highest BCUT2D eigenvalue weighted by atomic mass is 32.1. The monoisotopic (exact) mass is 413 g/mol. The quantitative estimate of drug-likeness (QED) is 0.570. The Labute approximate surface area is 174 Å². The fraction of sp³-hybridized carbons (Fsp3) is 0.429. The average Bonchev–Trinajstić information content (AvgIpc) is 3.35. The number of carbonyl (C=O) groups is 1. The molecule has 29 heavy (non-hydrogen) atoms. The molecule has 7 nitrogen and oxygen atoms in total. The van der Waals surface area contributed by atoms with Gasteiger partial charge < -0.3 is 5.32 Å². The summed E-state index contributed by atoms with van der Waals surface area (Å²) < 4.78 is 1.51. The summed E-state index contributed by atoms with van der Waals surface area (Å²) in [5, 5.41) is 9.61. The Bertz CT molecular complexity index is 1030. The molecule has 2 N–H and O–H groups in total. The van der Waals surface area contributed by atoms with Crippen LogP contribution in [0.1, 0.15) is 50.8 Å². The summed E-state index contributed by atoms with van der Waals surface area (Å²) >= 11 is 1.56. The molecule has 0 bridgehead atoms. The van der Waals surface area contributed by atoms with Gasteiger partial charge in [-0.1, -0.05) is 32.8 Å². The van der Waals surface area contributed by atoms with E-state index in [1.807, 2.05) is 23.6 Å². The van der Waals surface area contributed by atoms with Crippen molar-refractivity contribution in [1.82, 2.24) is 19.7 Å². The number of amides is 1. The highest BCUT2D eigenvalue weighted by molar-refractivity contribution is 7.13. The number of aromatic nitrogens is 4. The Hall–Kier alpha value is -2.74. The average molecular weight is 414 g/mol. The topological polar surface area (TPSA) is 92.7 Å². The van der Waals surface area contributed by atoms with Crippen molar-refractivity contribution in [1.29, 1.82) is 0 Å². The number of aryl methyl sites for hydroxylation is 1. The Kier molecular flexibility index (Phi) is 6.64. The van der Waals surface area contributed by atoms with Crippen molar-refractivity contribution in [2.45, 2.75) is 53.4 Å². The second kappa shape index (κ2) is 9.17. The minimum atomic E-state index is -0.215. The molecule has 0 atom stereocenters. The zero-order valence-electron chi connectivity index (χ0n) is 17.3. The number of hydrogen-bond acceptors (Lipinski definition) is 5. The second-order valence-electron chi connectivity index (χ2n) is 7.17. The zero-order chi connectivity index (χ0) is 21.0. The van der Waals surface area contributed by atoms with E-state index in [4.69, 9.17) is 0 Å². The van der Waals surface area contributed by atoms with Gasteiger partial charge in [0.15, 0.2) is 0 Å². The fourth-order valence-electron chi connectivity index (χ4n) is 3.24. The van der Waals surface area contributed by atoms with Gasteiger partial charge >= 0.3 is 0 Å². The van der Waals surface area contributed by atoms with Crippen LogP contribution in [0.15, 0.2) is 28.4 Å². The number of rotatable bonds is 8. The molecule has 154 valence electrons. The van der Waals surface area contributed by atoms with E-state index in [0.29, 0.717) is 23.0 Å². The van der Waals surface area contributed by atoms with E-state index in [2.05, 4.69) is 34.2 Å². The SMILES string of the molecule is CCCC(CCC)C(=O)Nc1cc(-c2cccs2)nn1-c1nc(C)c(C)c(=O)[nH]1. The molecule has 0 fully saturated rings. The summed E-state index contributed by atoms with van der Waals surface area (Å²) in [6.45, 7) is 7.68. The lowest BCUT2D eigenvalue weighted by Gasteiger charge is -2.15. The molecular formula is C21H27N5O2S. The van der Waals surface area contributed by atoms with Crippen molar-refractivity contribution >= 4 is 23.1 Å². The molecule has 3 heterocycles. The molecule has 0 radical (unpaired) electrons. The van der Waals surface area contributed by atoms with Crippen LogP contribution in [-0.2, 0) is 4.79 Å². The third-order valence-electron chi connectivity index (χ3n) is 4.96. The van der Waals surface area contributed by atoms with Crippen molar-refractivity contribution < 1.29 is 4.79 Å². The normalized spacial score (nSPS) is 11.2. The third-order valence-corrected chi connectivity index (χ3v) is 5.85. The molecule has 0 aliphatic heterocycles. The Morgan fingerprint density at radius 1 is 1.28 bits per heavy atom. The van der Waals surface area contributed by atoms with Gasteiger partial charge in [-0.25, -0.2) is 4.98 Å². The van der Waals surface area contributed by atoms with Crippen LogP contribution < -0.4 is 10.9 Å². The van der Waals surface area contributed by atoms with E-state index >= 15 is 0 Å². The number of aromatic amines is 1. The minimum absolute atomic E-state index is 0.0289. The van der Waals surface area contributed by atoms with Crippen LogP contribution >= 0.6 is 11.3 Å². The molecule has 3 rings (SSSR count). The van der Waals surface area contributed by atoms with Crippen molar-refractivity contribution in [2.75, 3.05) is 5.32 Å². The van der Waals surface area contributed by atoms with Crippen molar-refractivity contribution in [3.63, 3.8) is 0 Å². The van der Waals surface area contributed by atoms with E-state index in [1.54, 1.807) is 25.2 Å². The number of nitrogens with zero attached hydrogens (tertiary/aromatic N) is 3. The first-order valence-corrected chi connectivity index (χ1v) is 10.8. The van der Waals surface area contributed by atoms with Gasteiger partial charge in [-0.05, 0) is 38.1 Å². The number of thiophene rings is 1. The van der Waals surface area contributed by atoms with Gasteiger partial charge in [0.1, 0.15) is 11.5 Å². The van der Waals surface area contributed by atoms with E-state index in [0.717, 1.165) is 36.3 Å². The Morgan fingerprint density at radius 3 is 2.59 bits per heavy atom. The molecule has 1 amide bonds. The minimum Gasteiger partial charge on any atom is -0.310 e. The summed E-state index contributed by atoms with van der Waals surface area (Å²) in [5.74, 6) is 0.713. The smallest absolute Gasteiger partial charge is 0.255 e. The molecule has 0 aliphatic carbocycles. The number of carbonyl (C=O) groups excluding carboxylic acids is 1. The Morgan fingerprint density at radius 2 is 2.00 bits per heavy atom. The second-order valence-corrected chi connectivity index (χ2v) is 8.12. The van der Waals surface area contributed by atoms with Crippen LogP contribution in [0.3, 0.4) is 0 Å². The highest BCUT2D eigenvalue weighted by Crippen LogP contribution is 2.28. The lowest BCUT2D eigenvalue weighted by molar-refractivity contribution is -0.120. The molecule has 3 aromatic rings. The standard InChI is InChI=1S/C21H27N5O2S/c1-5-8-15(9-6-2)20(28)23-18-12-16(17-10-7-11-29-17)25-26(18)21-22-14(4)13(3)19(27)24-21/h7,10-12,15H,5-6,8-9H2,1-4H3,(H,23,28)(H,22,24,27). The summed E-state index contributed by atoms with van der Waals surface area (Å²) in [6.07, 6.45) is 3.57. The molecule has 3 aromatic heterocycles. The summed E-state index contributed by atoms with van der Waals surface area (Å²) in [6, 6.07) is 5.75. The third kappa shape index (κ3) is 4.64. The number of nitrogens with one attached hydrogen (secondary N) is 2. The first kappa shape index (κ1) is 21.0. The van der Waals surface area contributed by atoms with Crippen LogP contribution in [0.25, 0.3) is 16.5 Å². The van der Waals surface area contributed by atoms with E-state index in [9.17, 15) is 9.59 Å². The molecule has 0 spiro atoms. The lowest BCUT2D eigenvalue weighted by atomic mass is 9.97. The van der Waals surface area contributed by atoms with E-state index < -0.39 is 0 Å². The number of H-pyrrole nitrogens is 1. The van der Waals surface area contributed by atoms with Crippen molar-refractivity contribution in [3.05, 3.63) is 45.2 Å². The van der Waals surface area contributed by atoms with Crippen molar-refractivity contribution in [2.24, 2.45) is 5.92 Å². The van der Waals surface area contributed by atoms with Crippen molar-refractivity contribution in [3.8, 4) is 16.5 Å². The van der Waals surface area contributed by atoms with Crippen LogP contribution in [0.5, 0.6) is 0 Å². The summed E-state index contributed by atoms with van der Waals surface area (Å²) in [4.78, 5) is 33.4. The predicted octanol–water partition coefficient (Wildman–Crippen LogP) is 4.46. The molecule has 0 unspecified atom stereocenters. The molecule has 0 saturated heterocycles. The molecule has 0 saturated carbocycles. The first-order valence-electron chi connectivity index (χ1n) is 9.97. The first-order chi connectivity index (χ1) is 13.9. The fourth-order valence-corrected chi connectivity index (χ4v) is 3.92. The van der Waals surface area contributed by atoms with Gasteiger partial charge in [0.25, 0.3) is 5.56 Å². The molecule has 0 aromatic carbocycles. The van der Waals surface area contributed by atoms with E-state index in [1.165, 1.54) is 4.68 Å². The van der Waals surface area contributed by atoms with Crippen LogP contribution in [0, 0.1) is 19.8 Å². The summed E-state index contributed by atoms with van der Waals surface area (Å²) in [7, 11) is 0. The van der Waals surface area contributed by atoms with E-state index in [-0.39, 0.29) is 17.4 Å². The van der Waals surface area contributed by atoms with Gasteiger partial charge in [0.2, 0.25) is 11.9 Å². The zero-order valence-corrected chi connectivity index (χ0v) is 18.1. The van der Waals surface area contributed by atoms with Crippen LogP contribution in [0.2, 0.25) is 0 Å². The molecule has 8 heteroatoms. The molecule has 0 aliphatic rings. The maximum atomic E-state index is 12.9. The van der Waals surface area contributed by atoms with Gasteiger partial charge in [0, 0.05) is 23.2 Å². The lowest BCUT2D eigenvalue weighted by Crippen LogP contribution is -2.25. The largest absolute Gasteiger partial charge is 0.310 e. The Balaban J connectivity index is 2.03.